The van der Waals surface area contributed by atoms with Gasteiger partial charge in [0, 0.05) is 35.1 Å². The van der Waals surface area contributed by atoms with Crippen molar-refractivity contribution < 1.29 is 9.59 Å². The van der Waals surface area contributed by atoms with Crippen LogP contribution in [0.3, 0.4) is 0 Å². The fourth-order valence-electron chi connectivity index (χ4n) is 3.96. The van der Waals surface area contributed by atoms with Crippen molar-refractivity contribution in [2.75, 3.05) is 26.2 Å². The van der Waals surface area contributed by atoms with Crippen molar-refractivity contribution in [2.24, 2.45) is 11.8 Å². The summed E-state index contributed by atoms with van der Waals surface area (Å²) in [7, 11) is 0. The number of piperidine rings is 2. The van der Waals surface area contributed by atoms with E-state index in [9.17, 15) is 9.59 Å². The fraction of sp³-hybridized carbons (Fsp3) is 0.600. The molecular formula is C20H26Br2N2O2. The molecule has 2 saturated heterocycles. The first kappa shape index (κ1) is 19.9. The third kappa shape index (κ3) is 4.33. The van der Waals surface area contributed by atoms with Crippen LogP contribution in [0.5, 0.6) is 0 Å². The summed E-state index contributed by atoms with van der Waals surface area (Å²) in [6.07, 6.45) is 4.46. The van der Waals surface area contributed by atoms with Crippen LogP contribution in [0.25, 0.3) is 0 Å². The summed E-state index contributed by atoms with van der Waals surface area (Å²) < 4.78 is 1.38. The molecule has 0 aliphatic carbocycles. The Balaban J connectivity index is 1.81. The minimum absolute atomic E-state index is 0.0368. The maximum absolute atomic E-state index is 12.9. The van der Waals surface area contributed by atoms with Crippen LogP contribution >= 0.6 is 31.9 Å². The minimum Gasteiger partial charge on any atom is -0.338 e. The average molecular weight is 486 g/mol. The van der Waals surface area contributed by atoms with Gasteiger partial charge in [0.05, 0.1) is 11.1 Å². The second-order valence-electron chi connectivity index (χ2n) is 7.81. The van der Waals surface area contributed by atoms with Crippen LogP contribution < -0.4 is 0 Å². The smallest absolute Gasteiger partial charge is 0.255 e. The number of halogens is 2. The molecule has 3 rings (SSSR count). The lowest BCUT2D eigenvalue weighted by Gasteiger charge is -2.32. The number of likely N-dealkylation sites (tertiary alicyclic amines) is 2. The Kier molecular flexibility index (Phi) is 6.44. The largest absolute Gasteiger partial charge is 0.338 e. The molecule has 2 aliphatic rings. The van der Waals surface area contributed by atoms with Gasteiger partial charge in [-0.3, -0.25) is 9.59 Å². The van der Waals surface area contributed by atoms with E-state index in [1.165, 1.54) is 12.8 Å². The molecule has 0 saturated carbocycles. The number of hydrogen-bond donors (Lipinski definition) is 0. The number of hydrogen-bond acceptors (Lipinski definition) is 2. The molecule has 0 spiro atoms. The van der Waals surface area contributed by atoms with Crippen LogP contribution in [0.15, 0.2) is 21.1 Å². The quantitative estimate of drug-likeness (QED) is 0.594. The van der Waals surface area contributed by atoms with Crippen molar-refractivity contribution in [1.82, 2.24) is 9.80 Å². The molecule has 2 atom stereocenters. The van der Waals surface area contributed by atoms with Crippen molar-refractivity contribution in [2.45, 2.75) is 39.5 Å². The van der Waals surface area contributed by atoms with Gasteiger partial charge in [-0.15, -0.1) is 0 Å². The molecule has 0 aromatic heterocycles. The van der Waals surface area contributed by atoms with Crippen LogP contribution in [0.2, 0.25) is 0 Å². The van der Waals surface area contributed by atoms with Crippen LogP contribution in [0.1, 0.15) is 60.2 Å². The SMILES string of the molecule is CC1CCCN(C(=O)c2cc(Br)c(C(=O)N3CCCC(C)C3)cc2Br)C1. The molecule has 0 radical (unpaired) electrons. The Morgan fingerprint density at radius 3 is 1.58 bits per heavy atom. The maximum Gasteiger partial charge on any atom is 0.255 e. The average Bonchev–Trinajstić information content (AvgIpc) is 2.62. The maximum atomic E-state index is 12.9. The molecule has 2 heterocycles. The minimum atomic E-state index is 0.0368. The molecule has 1 aromatic rings. The Bertz CT molecular complexity index is 648. The summed E-state index contributed by atoms with van der Waals surface area (Å²) >= 11 is 7.06. The summed E-state index contributed by atoms with van der Waals surface area (Å²) in [5.41, 5.74) is 1.24. The monoisotopic (exact) mass is 484 g/mol. The molecule has 26 heavy (non-hydrogen) atoms. The van der Waals surface area contributed by atoms with E-state index >= 15 is 0 Å². The van der Waals surface area contributed by atoms with Gasteiger partial charge in [-0.1, -0.05) is 13.8 Å². The summed E-state index contributed by atoms with van der Waals surface area (Å²) in [6, 6.07) is 3.60. The Morgan fingerprint density at radius 1 is 0.846 bits per heavy atom. The van der Waals surface area contributed by atoms with E-state index in [1.807, 2.05) is 9.80 Å². The van der Waals surface area contributed by atoms with Gasteiger partial charge < -0.3 is 9.80 Å². The second kappa shape index (κ2) is 8.42. The highest BCUT2D eigenvalue weighted by atomic mass is 79.9. The molecule has 1 aromatic carbocycles. The van der Waals surface area contributed by atoms with Crippen molar-refractivity contribution in [3.05, 3.63) is 32.2 Å². The molecule has 6 heteroatoms. The summed E-state index contributed by atoms with van der Waals surface area (Å²) in [5, 5.41) is 0. The molecule has 142 valence electrons. The molecule has 4 nitrogen and oxygen atoms in total. The van der Waals surface area contributed by atoms with Gasteiger partial charge in [-0.25, -0.2) is 0 Å². The van der Waals surface area contributed by atoms with Gasteiger partial charge in [0.1, 0.15) is 0 Å². The number of carbonyl (C=O) groups is 2. The standard InChI is InChI=1S/C20H26Br2N2O2/c1-13-5-3-7-23(11-13)19(25)15-9-18(22)16(10-17(15)21)20(26)24-8-4-6-14(2)12-24/h9-10,13-14H,3-8,11-12H2,1-2H3. The van der Waals surface area contributed by atoms with E-state index in [1.54, 1.807) is 12.1 Å². The summed E-state index contributed by atoms with van der Waals surface area (Å²) in [6.45, 7) is 7.58. The van der Waals surface area contributed by atoms with E-state index in [0.29, 0.717) is 31.9 Å². The predicted octanol–water partition coefficient (Wildman–Crippen LogP) is 4.96. The zero-order valence-electron chi connectivity index (χ0n) is 15.4. The molecular weight excluding hydrogens is 460 g/mol. The van der Waals surface area contributed by atoms with Gasteiger partial charge in [0.15, 0.2) is 0 Å². The van der Waals surface area contributed by atoms with Gasteiger partial charge >= 0.3 is 0 Å². The predicted molar refractivity (Wildman–Crippen MR) is 110 cm³/mol. The van der Waals surface area contributed by atoms with Gasteiger partial charge in [0.2, 0.25) is 0 Å². The van der Waals surface area contributed by atoms with Crippen LogP contribution in [0, 0.1) is 11.8 Å². The van der Waals surface area contributed by atoms with Crippen LogP contribution in [-0.4, -0.2) is 47.8 Å². The van der Waals surface area contributed by atoms with Crippen molar-refractivity contribution in [3.63, 3.8) is 0 Å². The van der Waals surface area contributed by atoms with E-state index in [-0.39, 0.29) is 11.8 Å². The third-order valence-electron chi connectivity index (χ3n) is 5.41. The highest BCUT2D eigenvalue weighted by Crippen LogP contribution is 2.30. The van der Waals surface area contributed by atoms with Gasteiger partial charge in [-0.05, 0) is 81.5 Å². The summed E-state index contributed by atoms with van der Waals surface area (Å²) in [4.78, 5) is 29.7. The Morgan fingerprint density at radius 2 is 1.23 bits per heavy atom. The molecule has 2 aliphatic heterocycles. The number of benzene rings is 1. The number of carbonyl (C=O) groups excluding carboxylic acids is 2. The molecule has 0 bridgehead atoms. The van der Waals surface area contributed by atoms with Gasteiger partial charge in [-0.2, -0.15) is 0 Å². The zero-order chi connectivity index (χ0) is 18.8. The lowest BCUT2D eigenvalue weighted by atomic mass is 9.98. The lowest BCUT2D eigenvalue weighted by Crippen LogP contribution is -2.40. The Labute approximate surface area is 172 Å². The van der Waals surface area contributed by atoms with Crippen molar-refractivity contribution in [1.29, 1.82) is 0 Å². The third-order valence-corrected chi connectivity index (χ3v) is 6.72. The van der Waals surface area contributed by atoms with Crippen LogP contribution in [-0.2, 0) is 0 Å². The number of rotatable bonds is 2. The van der Waals surface area contributed by atoms with E-state index in [2.05, 4.69) is 45.7 Å². The van der Waals surface area contributed by atoms with E-state index in [4.69, 9.17) is 0 Å². The molecule has 2 amide bonds. The molecule has 0 N–H and O–H groups in total. The highest BCUT2D eigenvalue weighted by Gasteiger charge is 2.27. The van der Waals surface area contributed by atoms with E-state index in [0.717, 1.165) is 39.0 Å². The number of nitrogens with zero attached hydrogens (tertiary/aromatic N) is 2. The van der Waals surface area contributed by atoms with Crippen LogP contribution in [0.4, 0.5) is 0 Å². The normalized spacial score (nSPS) is 23.8. The van der Waals surface area contributed by atoms with Gasteiger partial charge in [0.25, 0.3) is 11.8 Å². The topological polar surface area (TPSA) is 40.6 Å². The fourth-order valence-corrected chi connectivity index (χ4v) is 4.99. The van der Waals surface area contributed by atoms with E-state index < -0.39 is 0 Å². The zero-order valence-corrected chi connectivity index (χ0v) is 18.6. The second-order valence-corrected chi connectivity index (χ2v) is 9.52. The van der Waals surface area contributed by atoms with Crippen molar-refractivity contribution in [3.8, 4) is 0 Å². The number of amides is 2. The lowest BCUT2D eigenvalue weighted by molar-refractivity contribution is 0.0670. The first-order valence-corrected chi connectivity index (χ1v) is 11.0. The first-order valence-electron chi connectivity index (χ1n) is 9.44. The Hall–Kier alpha value is -0.880. The van der Waals surface area contributed by atoms with Crippen molar-refractivity contribution >= 4 is 43.7 Å². The molecule has 2 unspecified atom stereocenters. The highest BCUT2D eigenvalue weighted by molar-refractivity contribution is 9.11. The summed E-state index contributed by atoms with van der Waals surface area (Å²) in [5.74, 6) is 1.15. The first-order chi connectivity index (χ1) is 12.4. The molecule has 2 fully saturated rings.